The summed E-state index contributed by atoms with van der Waals surface area (Å²) in [5.74, 6) is -0.279. The standard InChI is InChI=1S/C9H16N4O/c1-8(9(11)14)13-6-4-12(3-2-10)5-7-13/h8H,3-7H2,1H3,(H2,11,14). The highest BCUT2D eigenvalue weighted by Gasteiger charge is 2.23. The van der Waals surface area contributed by atoms with Gasteiger partial charge in [0, 0.05) is 26.2 Å². The van der Waals surface area contributed by atoms with Gasteiger partial charge in [-0.1, -0.05) is 0 Å². The second kappa shape index (κ2) is 4.94. The average molecular weight is 196 g/mol. The second-order valence-corrected chi connectivity index (χ2v) is 3.55. The maximum absolute atomic E-state index is 10.9. The van der Waals surface area contributed by atoms with Gasteiger partial charge in [-0.2, -0.15) is 5.26 Å². The first-order valence-corrected chi connectivity index (χ1v) is 4.78. The second-order valence-electron chi connectivity index (χ2n) is 3.55. The monoisotopic (exact) mass is 196 g/mol. The van der Waals surface area contributed by atoms with E-state index >= 15 is 0 Å². The Morgan fingerprint density at radius 1 is 1.50 bits per heavy atom. The summed E-state index contributed by atoms with van der Waals surface area (Å²) in [7, 11) is 0. The van der Waals surface area contributed by atoms with Gasteiger partial charge in [0.2, 0.25) is 5.91 Å². The van der Waals surface area contributed by atoms with Gasteiger partial charge in [0.1, 0.15) is 0 Å². The highest BCUT2D eigenvalue weighted by molar-refractivity contribution is 5.79. The Morgan fingerprint density at radius 3 is 2.50 bits per heavy atom. The summed E-state index contributed by atoms with van der Waals surface area (Å²) >= 11 is 0. The van der Waals surface area contributed by atoms with E-state index in [2.05, 4.69) is 15.9 Å². The molecule has 1 unspecified atom stereocenters. The molecular weight excluding hydrogens is 180 g/mol. The minimum Gasteiger partial charge on any atom is -0.368 e. The maximum Gasteiger partial charge on any atom is 0.234 e. The lowest BCUT2D eigenvalue weighted by atomic mass is 10.2. The summed E-state index contributed by atoms with van der Waals surface area (Å²) in [6.45, 7) is 5.59. The number of piperazine rings is 1. The molecule has 0 radical (unpaired) electrons. The molecule has 2 N–H and O–H groups in total. The van der Waals surface area contributed by atoms with Gasteiger partial charge in [-0.05, 0) is 6.92 Å². The summed E-state index contributed by atoms with van der Waals surface area (Å²) in [5.41, 5.74) is 5.21. The van der Waals surface area contributed by atoms with Crippen LogP contribution in [0.15, 0.2) is 0 Å². The molecule has 0 saturated carbocycles. The number of amides is 1. The number of nitrogens with two attached hydrogens (primary N) is 1. The minimum absolute atomic E-state index is 0.195. The fourth-order valence-electron chi connectivity index (χ4n) is 1.59. The molecule has 0 bridgehead atoms. The number of rotatable bonds is 3. The van der Waals surface area contributed by atoms with Crippen LogP contribution in [0, 0.1) is 11.3 Å². The van der Waals surface area contributed by atoms with Crippen molar-refractivity contribution in [2.24, 2.45) is 5.73 Å². The molecule has 0 aromatic rings. The average Bonchev–Trinajstić information content (AvgIpc) is 2.18. The zero-order chi connectivity index (χ0) is 10.6. The van der Waals surface area contributed by atoms with Gasteiger partial charge < -0.3 is 5.73 Å². The van der Waals surface area contributed by atoms with Crippen molar-refractivity contribution in [3.63, 3.8) is 0 Å². The molecule has 78 valence electrons. The molecule has 1 rings (SSSR count). The van der Waals surface area contributed by atoms with E-state index in [4.69, 9.17) is 11.0 Å². The number of nitriles is 1. The van der Waals surface area contributed by atoms with Gasteiger partial charge in [0.15, 0.2) is 0 Å². The third-order valence-electron chi connectivity index (χ3n) is 2.66. The summed E-state index contributed by atoms with van der Waals surface area (Å²) in [5, 5.41) is 8.50. The van der Waals surface area contributed by atoms with Crippen molar-refractivity contribution in [3.05, 3.63) is 0 Å². The van der Waals surface area contributed by atoms with Gasteiger partial charge >= 0.3 is 0 Å². The van der Waals surface area contributed by atoms with E-state index in [1.54, 1.807) is 0 Å². The van der Waals surface area contributed by atoms with Crippen LogP contribution in [-0.4, -0.2) is 54.5 Å². The largest absolute Gasteiger partial charge is 0.368 e. The van der Waals surface area contributed by atoms with Gasteiger partial charge in [-0.3, -0.25) is 14.6 Å². The third-order valence-corrected chi connectivity index (χ3v) is 2.66. The molecule has 1 atom stereocenters. The Morgan fingerprint density at radius 2 is 2.07 bits per heavy atom. The highest BCUT2D eigenvalue weighted by Crippen LogP contribution is 2.05. The van der Waals surface area contributed by atoms with Crippen LogP contribution in [0.4, 0.5) is 0 Å². The Labute approximate surface area is 84.1 Å². The smallest absolute Gasteiger partial charge is 0.234 e. The summed E-state index contributed by atoms with van der Waals surface area (Å²) in [6.07, 6.45) is 0. The SMILES string of the molecule is CC(C(N)=O)N1CCN(CC#N)CC1. The normalized spacial score (nSPS) is 21.4. The number of carbonyl (C=O) groups is 1. The topological polar surface area (TPSA) is 73.4 Å². The molecule has 0 aliphatic carbocycles. The molecule has 0 spiro atoms. The van der Waals surface area contributed by atoms with Gasteiger partial charge in [0.05, 0.1) is 18.7 Å². The lowest BCUT2D eigenvalue weighted by Gasteiger charge is -2.35. The molecule has 1 aliphatic rings. The lowest BCUT2D eigenvalue weighted by molar-refractivity contribution is -0.123. The Hall–Kier alpha value is -1.12. The Balaban J connectivity index is 2.36. The van der Waals surface area contributed by atoms with Crippen molar-refractivity contribution in [1.82, 2.24) is 9.80 Å². The van der Waals surface area contributed by atoms with Gasteiger partial charge in [-0.15, -0.1) is 0 Å². The summed E-state index contributed by atoms with van der Waals surface area (Å²) < 4.78 is 0. The fourth-order valence-corrected chi connectivity index (χ4v) is 1.59. The minimum atomic E-state index is -0.279. The van der Waals surface area contributed by atoms with E-state index in [1.165, 1.54) is 0 Å². The number of carbonyl (C=O) groups excluding carboxylic acids is 1. The molecule has 5 heteroatoms. The third kappa shape index (κ3) is 2.69. The van der Waals surface area contributed by atoms with Crippen LogP contribution in [0.1, 0.15) is 6.92 Å². The molecule has 1 heterocycles. The Bertz CT molecular complexity index is 240. The van der Waals surface area contributed by atoms with E-state index in [0.717, 1.165) is 26.2 Å². The molecule has 1 aliphatic heterocycles. The van der Waals surface area contributed by atoms with E-state index in [0.29, 0.717) is 6.54 Å². The first-order chi connectivity index (χ1) is 6.65. The zero-order valence-electron chi connectivity index (χ0n) is 8.44. The molecule has 14 heavy (non-hydrogen) atoms. The van der Waals surface area contributed by atoms with Crippen LogP contribution in [0.5, 0.6) is 0 Å². The maximum atomic E-state index is 10.9. The number of primary amides is 1. The first kappa shape index (κ1) is 11.0. The molecule has 0 aromatic heterocycles. The highest BCUT2D eigenvalue weighted by atomic mass is 16.1. The van der Waals surface area contributed by atoms with Crippen molar-refractivity contribution in [1.29, 1.82) is 5.26 Å². The number of hydrogen-bond donors (Lipinski definition) is 1. The molecule has 5 nitrogen and oxygen atoms in total. The fraction of sp³-hybridized carbons (Fsp3) is 0.778. The van der Waals surface area contributed by atoms with Crippen molar-refractivity contribution in [2.75, 3.05) is 32.7 Å². The quantitative estimate of drug-likeness (QED) is 0.588. The number of hydrogen-bond acceptors (Lipinski definition) is 4. The van der Waals surface area contributed by atoms with Crippen LogP contribution >= 0.6 is 0 Å². The van der Waals surface area contributed by atoms with E-state index in [1.807, 2.05) is 6.92 Å². The predicted octanol–water partition coefficient (Wildman–Crippen LogP) is -0.999. The van der Waals surface area contributed by atoms with Crippen LogP contribution in [0.25, 0.3) is 0 Å². The van der Waals surface area contributed by atoms with Gasteiger partial charge in [0.25, 0.3) is 0 Å². The van der Waals surface area contributed by atoms with Crippen LogP contribution in [0.2, 0.25) is 0 Å². The van der Waals surface area contributed by atoms with E-state index < -0.39 is 0 Å². The first-order valence-electron chi connectivity index (χ1n) is 4.78. The molecular formula is C9H16N4O. The Kier molecular flexibility index (Phi) is 3.86. The van der Waals surface area contributed by atoms with Crippen molar-refractivity contribution >= 4 is 5.91 Å². The van der Waals surface area contributed by atoms with Crippen LogP contribution in [0.3, 0.4) is 0 Å². The van der Waals surface area contributed by atoms with E-state index in [-0.39, 0.29) is 11.9 Å². The molecule has 1 saturated heterocycles. The molecule has 1 amide bonds. The molecule has 1 fully saturated rings. The van der Waals surface area contributed by atoms with Gasteiger partial charge in [-0.25, -0.2) is 0 Å². The van der Waals surface area contributed by atoms with Crippen molar-refractivity contribution < 1.29 is 4.79 Å². The van der Waals surface area contributed by atoms with Crippen LogP contribution < -0.4 is 5.73 Å². The van der Waals surface area contributed by atoms with Crippen LogP contribution in [-0.2, 0) is 4.79 Å². The van der Waals surface area contributed by atoms with Crippen molar-refractivity contribution in [3.8, 4) is 6.07 Å². The number of nitrogens with zero attached hydrogens (tertiary/aromatic N) is 3. The summed E-state index contributed by atoms with van der Waals surface area (Å²) in [4.78, 5) is 15.0. The van der Waals surface area contributed by atoms with Crippen molar-refractivity contribution in [2.45, 2.75) is 13.0 Å². The molecule has 0 aromatic carbocycles. The predicted molar refractivity (Wildman–Crippen MR) is 52.3 cm³/mol. The van der Waals surface area contributed by atoms with E-state index in [9.17, 15) is 4.79 Å². The summed E-state index contributed by atoms with van der Waals surface area (Å²) in [6, 6.07) is 1.92. The lowest BCUT2D eigenvalue weighted by Crippen LogP contribution is -2.53. The zero-order valence-corrected chi connectivity index (χ0v) is 8.44.